The zero-order chi connectivity index (χ0) is 25.4. The molecule has 1 amide bonds. The number of carbonyl (C=O) groups excluding carboxylic acids is 2. The zero-order valence-corrected chi connectivity index (χ0v) is 20.4. The fraction of sp³-hybridized carbons (Fsp3) is 0.241. The Morgan fingerprint density at radius 3 is 2.58 bits per heavy atom. The molecule has 1 N–H and O–H groups in total. The van der Waals surface area contributed by atoms with Crippen LogP contribution >= 0.6 is 0 Å². The Morgan fingerprint density at radius 1 is 1.03 bits per heavy atom. The number of anilines is 1. The molecule has 1 fully saturated rings. The third-order valence-corrected chi connectivity index (χ3v) is 6.13. The quantitative estimate of drug-likeness (QED) is 0.286. The Labute approximate surface area is 209 Å². The molecule has 7 heteroatoms. The number of Topliss-reactive ketones (excluding diaryl/α,β-unsaturated/α-hetero) is 1. The number of aliphatic hydroxyl groups excluding tert-OH is 1. The largest absolute Gasteiger partial charge is 0.507 e. The van der Waals surface area contributed by atoms with E-state index >= 15 is 0 Å². The molecule has 1 saturated heterocycles. The minimum Gasteiger partial charge on any atom is -0.507 e. The van der Waals surface area contributed by atoms with Gasteiger partial charge in [0.1, 0.15) is 11.5 Å². The van der Waals surface area contributed by atoms with Crippen LogP contribution in [0.2, 0.25) is 0 Å². The highest BCUT2D eigenvalue weighted by molar-refractivity contribution is 6.51. The zero-order valence-electron chi connectivity index (χ0n) is 20.4. The van der Waals surface area contributed by atoms with Crippen LogP contribution in [0.5, 0.6) is 17.2 Å². The molecule has 1 unspecified atom stereocenters. The molecule has 184 valence electrons. The van der Waals surface area contributed by atoms with Crippen molar-refractivity contribution in [3.8, 4) is 17.2 Å². The number of carbonyl (C=O) groups is 2. The van der Waals surface area contributed by atoms with Crippen molar-refractivity contribution in [1.29, 1.82) is 0 Å². The first kappa shape index (κ1) is 23.5. The van der Waals surface area contributed by atoms with Gasteiger partial charge in [0.2, 0.25) is 6.79 Å². The highest BCUT2D eigenvalue weighted by atomic mass is 16.7. The van der Waals surface area contributed by atoms with E-state index in [0.717, 1.165) is 5.56 Å². The van der Waals surface area contributed by atoms with Crippen LogP contribution in [0.1, 0.15) is 36.6 Å². The molecular formula is C29H27NO6. The van der Waals surface area contributed by atoms with Gasteiger partial charge < -0.3 is 19.3 Å². The lowest BCUT2D eigenvalue weighted by Crippen LogP contribution is -2.29. The summed E-state index contributed by atoms with van der Waals surface area (Å²) in [5.74, 6) is 0.231. The SMILES string of the molecule is Cc1cccc(N2C(=O)C(=O)/C(=C(\O)c3ccc4c(c3)OCO4)C2c2cccc(OCC(C)C)c2)c1. The number of ether oxygens (including phenoxy) is 3. The number of amides is 1. The van der Waals surface area contributed by atoms with Gasteiger partial charge in [-0.1, -0.05) is 38.1 Å². The van der Waals surface area contributed by atoms with Gasteiger partial charge in [0.05, 0.1) is 18.2 Å². The molecule has 2 aliphatic rings. The topological polar surface area (TPSA) is 85.3 Å². The van der Waals surface area contributed by atoms with E-state index in [9.17, 15) is 14.7 Å². The molecule has 0 bridgehead atoms. The summed E-state index contributed by atoms with van der Waals surface area (Å²) < 4.78 is 16.7. The van der Waals surface area contributed by atoms with Crippen LogP contribution in [0.4, 0.5) is 5.69 Å². The molecule has 0 spiro atoms. The standard InChI is InChI=1S/C29H27NO6/c1-17(2)15-34-22-9-5-7-19(13-22)26-25(27(31)20-10-11-23-24(14-20)36-16-35-23)28(32)29(33)30(26)21-8-4-6-18(3)12-21/h4-14,17,26,31H,15-16H2,1-3H3/b27-25-. The van der Waals surface area contributed by atoms with E-state index in [-0.39, 0.29) is 18.1 Å². The van der Waals surface area contributed by atoms with Crippen molar-refractivity contribution in [3.05, 3.63) is 89.0 Å². The fourth-order valence-corrected chi connectivity index (χ4v) is 4.43. The Bertz CT molecular complexity index is 1380. The smallest absolute Gasteiger partial charge is 0.300 e. The van der Waals surface area contributed by atoms with Crippen LogP contribution in [0.15, 0.2) is 72.3 Å². The van der Waals surface area contributed by atoms with E-state index in [1.165, 1.54) is 4.90 Å². The third kappa shape index (κ3) is 4.28. The van der Waals surface area contributed by atoms with E-state index in [4.69, 9.17) is 14.2 Å². The second-order valence-corrected chi connectivity index (χ2v) is 9.35. The van der Waals surface area contributed by atoms with Crippen LogP contribution in [-0.2, 0) is 9.59 Å². The van der Waals surface area contributed by atoms with E-state index in [1.807, 2.05) is 49.4 Å². The number of hydrogen-bond donors (Lipinski definition) is 1. The van der Waals surface area contributed by atoms with Gasteiger partial charge in [0.25, 0.3) is 11.7 Å². The summed E-state index contributed by atoms with van der Waals surface area (Å²) in [6.07, 6.45) is 0. The van der Waals surface area contributed by atoms with Crippen molar-refractivity contribution < 1.29 is 28.9 Å². The summed E-state index contributed by atoms with van der Waals surface area (Å²) in [5, 5.41) is 11.4. The minimum absolute atomic E-state index is 0.00128. The van der Waals surface area contributed by atoms with Crippen LogP contribution in [0.3, 0.4) is 0 Å². The second-order valence-electron chi connectivity index (χ2n) is 9.35. The lowest BCUT2D eigenvalue weighted by atomic mass is 9.94. The van der Waals surface area contributed by atoms with Crippen LogP contribution in [0.25, 0.3) is 5.76 Å². The van der Waals surface area contributed by atoms with E-state index < -0.39 is 17.7 Å². The van der Waals surface area contributed by atoms with Gasteiger partial charge in [-0.25, -0.2) is 0 Å². The van der Waals surface area contributed by atoms with E-state index in [1.54, 1.807) is 24.3 Å². The highest BCUT2D eigenvalue weighted by Crippen LogP contribution is 2.44. The first-order valence-electron chi connectivity index (χ1n) is 11.8. The normalized spacial score (nSPS) is 18.2. The molecule has 0 radical (unpaired) electrons. The maximum Gasteiger partial charge on any atom is 0.300 e. The molecule has 2 heterocycles. The third-order valence-electron chi connectivity index (χ3n) is 6.13. The predicted octanol–water partition coefficient (Wildman–Crippen LogP) is 5.38. The molecule has 7 nitrogen and oxygen atoms in total. The molecule has 0 aliphatic carbocycles. The maximum absolute atomic E-state index is 13.4. The molecular weight excluding hydrogens is 458 g/mol. The summed E-state index contributed by atoms with van der Waals surface area (Å²) in [4.78, 5) is 28.2. The molecule has 2 aliphatic heterocycles. The van der Waals surface area contributed by atoms with Crippen LogP contribution in [0, 0.1) is 12.8 Å². The van der Waals surface area contributed by atoms with Crippen molar-refractivity contribution >= 4 is 23.1 Å². The van der Waals surface area contributed by atoms with Gasteiger partial charge in [-0.2, -0.15) is 0 Å². The Hall–Kier alpha value is -4.26. The summed E-state index contributed by atoms with van der Waals surface area (Å²) in [6.45, 7) is 6.64. The average Bonchev–Trinajstić information content (AvgIpc) is 3.44. The summed E-state index contributed by atoms with van der Waals surface area (Å²) in [7, 11) is 0. The first-order chi connectivity index (χ1) is 17.3. The van der Waals surface area contributed by atoms with Crippen molar-refractivity contribution in [1.82, 2.24) is 0 Å². The first-order valence-corrected chi connectivity index (χ1v) is 11.8. The molecule has 36 heavy (non-hydrogen) atoms. The molecule has 3 aromatic carbocycles. The average molecular weight is 486 g/mol. The summed E-state index contributed by atoms with van der Waals surface area (Å²) in [6, 6.07) is 18.8. The van der Waals surface area contributed by atoms with E-state index in [2.05, 4.69) is 13.8 Å². The van der Waals surface area contributed by atoms with Gasteiger partial charge in [-0.05, 0) is 66.4 Å². The van der Waals surface area contributed by atoms with Gasteiger partial charge in [-0.15, -0.1) is 0 Å². The summed E-state index contributed by atoms with van der Waals surface area (Å²) >= 11 is 0. The Balaban J connectivity index is 1.66. The van der Waals surface area contributed by atoms with Crippen molar-refractivity contribution in [3.63, 3.8) is 0 Å². The highest BCUT2D eigenvalue weighted by Gasteiger charge is 2.47. The fourth-order valence-electron chi connectivity index (χ4n) is 4.43. The number of nitrogens with zero attached hydrogens (tertiary/aromatic N) is 1. The Morgan fingerprint density at radius 2 is 1.81 bits per heavy atom. The van der Waals surface area contributed by atoms with Gasteiger partial charge in [0.15, 0.2) is 11.5 Å². The van der Waals surface area contributed by atoms with Gasteiger partial charge in [0, 0.05) is 11.3 Å². The molecule has 3 aromatic rings. The number of benzene rings is 3. The molecule has 0 saturated carbocycles. The second kappa shape index (κ2) is 9.41. The molecule has 5 rings (SSSR count). The maximum atomic E-state index is 13.4. The monoisotopic (exact) mass is 485 g/mol. The number of ketones is 1. The number of aryl methyl sites for hydroxylation is 1. The predicted molar refractivity (Wildman–Crippen MR) is 135 cm³/mol. The van der Waals surface area contributed by atoms with Crippen LogP contribution < -0.4 is 19.1 Å². The Kier molecular flexibility index (Phi) is 6.14. The molecule has 1 atom stereocenters. The summed E-state index contributed by atoms with van der Waals surface area (Å²) in [5.41, 5.74) is 2.53. The number of hydrogen-bond acceptors (Lipinski definition) is 6. The van der Waals surface area contributed by atoms with Crippen molar-refractivity contribution in [2.24, 2.45) is 5.92 Å². The lowest BCUT2D eigenvalue weighted by molar-refractivity contribution is -0.132. The van der Waals surface area contributed by atoms with Gasteiger partial charge >= 0.3 is 0 Å². The molecule has 0 aromatic heterocycles. The van der Waals surface area contributed by atoms with Crippen molar-refractivity contribution in [2.45, 2.75) is 26.8 Å². The van der Waals surface area contributed by atoms with Gasteiger partial charge in [-0.3, -0.25) is 14.5 Å². The number of fused-ring (bicyclic) bond motifs is 1. The minimum atomic E-state index is -0.847. The lowest BCUT2D eigenvalue weighted by Gasteiger charge is -2.26. The number of aliphatic hydroxyl groups is 1. The number of rotatable bonds is 6. The van der Waals surface area contributed by atoms with Crippen LogP contribution in [-0.4, -0.2) is 30.2 Å². The van der Waals surface area contributed by atoms with E-state index in [0.29, 0.717) is 46.6 Å². The van der Waals surface area contributed by atoms with Crippen molar-refractivity contribution in [2.75, 3.05) is 18.3 Å².